The second kappa shape index (κ2) is 6.06. The molecule has 0 saturated heterocycles. The third-order valence-electron chi connectivity index (χ3n) is 4.65. The van der Waals surface area contributed by atoms with Crippen LogP contribution in [0.25, 0.3) is 27.3 Å². The third kappa shape index (κ3) is 2.41. The molecule has 3 aromatic carbocycles. The van der Waals surface area contributed by atoms with Crippen molar-refractivity contribution in [2.45, 2.75) is 0 Å². The van der Waals surface area contributed by atoms with E-state index in [1.165, 1.54) is 12.1 Å². The second-order valence-corrected chi connectivity index (χ2v) is 6.40. The lowest BCUT2D eigenvalue weighted by Crippen LogP contribution is -2.27. The van der Waals surface area contributed by atoms with Crippen LogP contribution in [-0.4, -0.2) is 14.6 Å². The minimum Gasteiger partial charge on any atom is -0.380 e. The first-order valence-corrected chi connectivity index (χ1v) is 8.65. The maximum atomic E-state index is 12.9. The van der Waals surface area contributed by atoms with Gasteiger partial charge in [-0.25, -0.2) is 4.98 Å². The average molecular weight is 384 g/mol. The monoisotopic (exact) mass is 384 g/mol. The summed E-state index contributed by atoms with van der Waals surface area (Å²) >= 11 is 0. The Morgan fingerprint density at radius 2 is 1.55 bits per heavy atom. The van der Waals surface area contributed by atoms with Crippen molar-refractivity contribution in [3.63, 3.8) is 0 Å². The van der Waals surface area contributed by atoms with Crippen LogP contribution >= 0.6 is 0 Å². The SMILES string of the molecule is Nc1nn2c(=O)c3c(=O)c4ccccc4c(=O)c3nc2/c1=N/Nc1ccccc1. The summed E-state index contributed by atoms with van der Waals surface area (Å²) in [4.78, 5) is 42.9. The number of aromatic nitrogens is 3. The summed E-state index contributed by atoms with van der Waals surface area (Å²) in [6.45, 7) is 0. The first kappa shape index (κ1) is 16.8. The van der Waals surface area contributed by atoms with Crippen molar-refractivity contribution in [1.82, 2.24) is 14.6 Å². The average Bonchev–Trinajstić information content (AvgIpc) is 3.07. The molecule has 5 rings (SSSR count). The summed E-state index contributed by atoms with van der Waals surface area (Å²) in [6, 6.07) is 15.4. The molecule has 0 aliphatic heterocycles. The van der Waals surface area contributed by atoms with Crippen molar-refractivity contribution in [3.05, 3.63) is 90.8 Å². The number of anilines is 2. The normalized spacial score (nSPS) is 12.2. The lowest BCUT2D eigenvalue weighted by molar-refractivity contribution is 0.920. The van der Waals surface area contributed by atoms with Gasteiger partial charge >= 0.3 is 0 Å². The zero-order chi connectivity index (χ0) is 20.1. The molecule has 140 valence electrons. The van der Waals surface area contributed by atoms with Gasteiger partial charge in [0.2, 0.25) is 10.9 Å². The van der Waals surface area contributed by atoms with Gasteiger partial charge in [-0.15, -0.1) is 5.10 Å². The summed E-state index contributed by atoms with van der Waals surface area (Å²) in [5.74, 6) is -0.0576. The van der Waals surface area contributed by atoms with Gasteiger partial charge in [-0.2, -0.15) is 9.62 Å². The second-order valence-electron chi connectivity index (χ2n) is 6.40. The number of nitrogen functional groups attached to an aromatic ring is 1. The molecule has 3 N–H and O–H groups in total. The fourth-order valence-electron chi connectivity index (χ4n) is 3.28. The number of nitrogens with two attached hydrogens (primary N) is 1. The summed E-state index contributed by atoms with van der Waals surface area (Å²) in [5.41, 5.74) is 7.37. The van der Waals surface area contributed by atoms with Crippen molar-refractivity contribution >= 4 is 38.8 Å². The number of hydrogen-bond donors (Lipinski definition) is 2. The lowest BCUT2D eigenvalue weighted by Gasteiger charge is -2.00. The van der Waals surface area contributed by atoms with Crippen molar-refractivity contribution in [2.75, 3.05) is 11.2 Å². The van der Waals surface area contributed by atoms with Crippen LogP contribution in [0.4, 0.5) is 11.5 Å². The number of nitrogens with zero attached hydrogens (tertiary/aromatic N) is 4. The van der Waals surface area contributed by atoms with Gasteiger partial charge in [0, 0.05) is 10.8 Å². The molecular weight excluding hydrogens is 372 g/mol. The van der Waals surface area contributed by atoms with Gasteiger partial charge in [0.25, 0.3) is 5.56 Å². The van der Waals surface area contributed by atoms with Crippen LogP contribution in [-0.2, 0) is 0 Å². The Bertz CT molecular complexity index is 1650. The molecule has 29 heavy (non-hydrogen) atoms. The van der Waals surface area contributed by atoms with E-state index in [0.29, 0.717) is 5.69 Å². The molecule has 0 unspecified atom stereocenters. The molecule has 0 amide bonds. The number of fused-ring (bicyclic) bond motifs is 3. The number of rotatable bonds is 2. The molecule has 9 heteroatoms. The molecule has 0 spiro atoms. The minimum absolute atomic E-state index is 0.00443. The molecule has 0 saturated carbocycles. The summed E-state index contributed by atoms with van der Waals surface area (Å²) < 4.78 is 0.902. The fraction of sp³-hybridized carbons (Fsp3) is 0. The van der Waals surface area contributed by atoms with E-state index in [2.05, 4.69) is 20.6 Å². The Labute approximate surface area is 161 Å². The van der Waals surface area contributed by atoms with E-state index < -0.39 is 16.4 Å². The molecule has 5 aromatic rings. The summed E-state index contributed by atoms with van der Waals surface area (Å²) in [7, 11) is 0. The van der Waals surface area contributed by atoms with E-state index in [-0.39, 0.29) is 38.5 Å². The van der Waals surface area contributed by atoms with Crippen molar-refractivity contribution in [3.8, 4) is 0 Å². The van der Waals surface area contributed by atoms with E-state index in [9.17, 15) is 14.4 Å². The van der Waals surface area contributed by atoms with Gasteiger partial charge in [0.15, 0.2) is 16.8 Å². The molecule has 0 aliphatic carbocycles. The van der Waals surface area contributed by atoms with Gasteiger partial charge in [-0.05, 0) is 12.1 Å². The van der Waals surface area contributed by atoms with Gasteiger partial charge < -0.3 is 5.73 Å². The van der Waals surface area contributed by atoms with E-state index >= 15 is 0 Å². The van der Waals surface area contributed by atoms with Crippen LogP contribution in [0.1, 0.15) is 0 Å². The number of para-hydroxylation sites is 1. The molecule has 0 fully saturated rings. The van der Waals surface area contributed by atoms with E-state index in [0.717, 1.165) is 4.52 Å². The van der Waals surface area contributed by atoms with Crippen molar-refractivity contribution in [1.29, 1.82) is 0 Å². The first-order valence-electron chi connectivity index (χ1n) is 8.65. The number of nitrogens with one attached hydrogen (secondary N) is 1. The maximum Gasteiger partial charge on any atom is 0.286 e. The largest absolute Gasteiger partial charge is 0.380 e. The lowest BCUT2D eigenvalue weighted by atomic mass is 10.1. The predicted molar refractivity (Wildman–Crippen MR) is 109 cm³/mol. The third-order valence-corrected chi connectivity index (χ3v) is 4.65. The van der Waals surface area contributed by atoms with Crippen LogP contribution in [0, 0.1) is 0 Å². The number of hydrogen-bond acceptors (Lipinski definition) is 8. The molecule has 2 heterocycles. The Morgan fingerprint density at radius 1 is 0.897 bits per heavy atom. The van der Waals surface area contributed by atoms with Crippen LogP contribution in [0.3, 0.4) is 0 Å². The highest BCUT2D eigenvalue weighted by Gasteiger charge is 2.19. The van der Waals surface area contributed by atoms with E-state index in [4.69, 9.17) is 5.73 Å². The van der Waals surface area contributed by atoms with E-state index in [1.807, 2.05) is 18.2 Å². The predicted octanol–water partition coefficient (Wildman–Crippen LogP) is 0.502. The standard InChI is InChI=1S/C20H12N6O3/c21-18-15(24-23-10-6-2-1-3-7-10)19-22-14-13(20(29)26(19)25-18)16(27)11-8-4-5-9-12(11)17(14)28/h1-9,23H,(H2,21,25)/b24-15+. The van der Waals surface area contributed by atoms with Crippen LogP contribution < -0.4 is 32.9 Å². The van der Waals surface area contributed by atoms with Gasteiger partial charge in [-0.3, -0.25) is 19.8 Å². The molecule has 0 aliphatic rings. The summed E-state index contributed by atoms with van der Waals surface area (Å²) in [6.07, 6.45) is 0. The maximum absolute atomic E-state index is 12.9. The highest BCUT2D eigenvalue weighted by Crippen LogP contribution is 2.10. The topological polar surface area (TPSA) is 132 Å². The Morgan fingerprint density at radius 3 is 2.28 bits per heavy atom. The van der Waals surface area contributed by atoms with Gasteiger partial charge in [0.1, 0.15) is 10.9 Å². The Kier molecular flexibility index (Phi) is 3.50. The molecule has 9 nitrogen and oxygen atoms in total. The van der Waals surface area contributed by atoms with Gasteiger partial charge in [-0.1, -0.05) is 42.5 Å². The zero-order valence-electron chi connectivity index (χ0n) is 14.8. The quantitative estimate of drug-likeness (QED) is 0.335. The molecular formula is C20H12N6O3. The van der Waals surface area contributed by atoms with Crippen molar-refractivity contribution in [2.24, 2.45) is 5.10 Å². The van der Waals surface area contributed by atoms with Crippen LogP contribution in [0.15, 0.2) is 74.1 Å². The highest BCUT2D eigenvalue weighted by atomic mass is 16.1. The highest BCUT2D eigenvalue weighted by molar-refractivity contribution is 5.96. The van der Waals surface area contributed by atoms with Crippen LogP contribution in [0.2, 0.25) is 0 Å². The van der Waals surface area contributed by atoms with Crippen molar-refractivity contribution < 1.29 is 0 Å². The smallest absolute Gasteiger partial charge is 0.286 e. The molecule has 2 aromatic heterocycles. The van der Waals surface area contributed by atoms with Crippen LogP contribution in [0.5, 0.6) is 0 Å². The molecule has 0 bridgehead atoms. The zero-order valence-corrected chi connectivity index (χ0v) is 14.8. The minimum atomic E-state index is -0.759. The Hall–Kier alpha value is -4.40. The molecule has 0 atom stereocenters. The first-order chi connectivity index (χ1) is 14.1. The fourth-order valence-corrected chi connectivity index (χ4v) is 3.28. The number of benzene rings is 3. The molecule has 0 radical (unpaired) electrons. The van der Waals surface area contributed by atoms with E-state index in [1.54, 1.807) is 24.3 Å². The Balaban J connectivity index is 1.89. The van der Waals surface area contributed by atoms with Gasteiger partial charge in [0.05, 0.1) is 5.69 Å². The summed E-state index contributed by atoms with van der Waals surface area (Å²) in [5, 5.41) is 8.32.